The predicted molar refractivity (Wildman–Crippen MR) is 90.6 cm³/mol. The van der Waals surface area contributed by atoms with Crippen molar-refractivity contribution in [3.8, 4) is 0 Å². The Morgan fingerprint density at radius 1 is 0.952 bits per heavy atom. The van der Waals surface area contributed by atoms with E-state index in [9.17, 15) is 4.79 Å². The van der Waals surface area contributed by atoms with Gasteiger partial charge in [0.25, 0.3) is 0 Å². The normalized spacial score (nSPS) is 10.9. The number of rotatable bonds is 3. The number of nitrogens with one attached hydrogen (secondary N) is 1. The first-order valence-electron chi connectivity index (χ1n) is 5.85. The summed E-state index contributed by atoms with van der Waals surface area (Å²) in [5, 5.41) is 4.35. The van der Waals surface area contributed by atoms with Crippen LogP contribution in [0.25, 0.3) is 6.08 Å². The molecular formula is C15H9Cl4NO. The molecule has 1 amide bonds. The van der Waals surface area contributed by atoms with E-state index >= 15 is 0 Å². The van der Waals surface area contributed by atoms with Crippen molar-refractivity contribution >= 4 is 64.1 Å². The second kappa shape index (κ2) is 7.19. The molecule has 21 heavy (non-hydrogen) atoms. The summed E-state index contributed by atoms with van der Waals surface area (Å²) < 4.78 is 0. The fourth-order valence-corrected chi connectivity index (χ4v) is 2.55. The number of carbonyl (C=O) groups excluding carboxylic acids is 1. The molecule has 0 heterocycles. The SMILES string of the molecule is O=C(/C=C/c1ccc(Cl)cc1Cl)Nc1c(Cl)cccc1Cl. The van der Waals surface area contributed by atoms with Crippen LogP contribution in [0.4, 0.5) is 5.69 Å². The molecule has 1 N–H and O–H groups in total. The number of amides is 1. The van der Waals surface area contributed by atoms with Crippen LogP contribution in [0.15, 0.2) is 42.5 Å². The van der Waals surface area contributed by atoms with Crippen LogP contribution in [0, 0.1) is 0 Å². The highest BCUT2D eigenvalue weighted by Gasteiger charge is 2.07. The van der Waals surface area contributed by atoms with E-state index in [2.05, 4.69) is 5.32 Å². The van der Waals surface area contributed by atoms with Gasteiger partial charge in [-0.25, -0.2) is 0 Å². The maximum Gasteiger partial charge on any atom is 0.248 e. The first-order valence-corrected chi connectivity index (χ1v) is 7.36. The van der Waals surface area contributed by atoms with Gasteiger partial charge in [-0.15, -0.1) is 0 Å². The van der Waals surface area contributed by atoms with Crippen molar-refractivity contribution < 1.29 is 4.79 Å². The Bertz CT molecular complexity index is 693. The van der Waals surface area contributed by atoms with E-state index < -0.39 is 0 Å². The van der Waals surface area contributed by atoms with Gasteiger partial charge in [-0.05, 0) is 35.9 Å². The van der Waals surface area contributed by atoms with Crippen molar-refractivity contribution in [3.63, 3.8) is 0 Å². The zero-order valence-electron chi connectivity index (χ0n) is 10.5. The van der Waals surface area contributed by atoms with E-state index in [-0.39, 0.29) is 5.91 Å². The number of hydrogen-bond acceptors (Lipinski definition) is 1. The Labute approximate surface area is 142 Å². The van der Waals surface area contributed by atoms with Gasteiger partial charge in [0.2, 0.25) is 5.91 Å². The third kappa shape index (κ3) is 4.39. The van der Waals surface area contributed by atoms with Gasteiger partial charge in [-0.2, -0.15) is 0 Å². The van der Waals surface area contributed by atoms with Gasteiger partial charge in [-0.1, -0.05) is 58.5 Å². The fraction of sp³-hybridized carbons (Fsp3) is 0. The Kier molecular flexibility index (Phi) is 5.54. The van der Waals surface area contributed by atoms with Crippen LogP contribution in [-0.4, -0.2) is 5.91 Å². The second-order valence-electron chi connectivity index (χ2n) is 4.09. The molecule has 0 fully saturated rings. The molecule has 0 unspecified atom stereocenters. The molecule has 0 saturated carbocycles. The highest BCUT2D eigenvalue weighted by molar-refractivity contribution is 6.40. The summed E-state index contributed by atoms with van der Waals surface area (Å²) >= 11 is 23.8. The average Bonchev–Trinajstić information content (AvgIpc) is 2.42. The van der Waals surface area contributed by atoms with Gasteiger partial charge in [0.15, 0.2) is 0 Å². The molecule has 0 saturated heterocycles. The Morgan fingerprint density at radius 3 is 2.24 bits per heavy atom. The fourth-order valence-electron chi connectivity index (χ4n) is 1.58. The number of para-hydroxylation sites is 1. The van der Waals surface area contributed by atoms with E-state index in [4.69, 9.17) is 46.4 Å². The molecular weight excluding hydrogens is 352 g/mol. The first-order chi connectivity index (χ1) is 9.97. The quantitative estimate of drug-likeness (QED) is 0.673. The lowest BCUT2D eigenvalue weighted by atomic mass is 10.2. The minimum atomic E-state index is -0.365. The zero-order chi connectivity index (χ0) is 15.4. The smallest absolute Gasteiger partial charge is 0.248 e. The van der Waals surface area contributed by atoms with Crippen molar-refractivity contribution in [3.05, 3.63) is 68.1 Å². The van der Waals surface area contributed by atoms with Crippen LogP contribution in [0.3, 0.4) is 0 Å². The van der Waals surface area contributed by atoms with Crippen LogP contribution in [0.2, 0.25) is 20.1 Å². The number of anilines is 1. The lowest BCUT2D eigenvalue weighted by Gasteiger charge is -2.06. The number of benzene rings is 2. The zero-order valence-corrected chi connectivity index (χ0v) is 13.6. The summed E-state index contributed by atoms with van der Waals surface area (Å²) in [5.41, 5.74) is 1.05. The molecule has 0 aliphatic carbocycles. The molecule has 6 heteroatoms. The van der Waals surface area contributed by atoms with E-state index in [1.54, 1.807) is 42.5 Å². The predicted octanol–water partition coefficient (Wildman–Crippen LogP) is 5.95. The maximum atomic E-state index is 11.9. The second-order valence-corrected chi connectivity index (χ2v) is 5.74. The maximum absolute atomic E-state index is 11.9. The Morgan fingerprint density at radius 2 is 1.62 bits per heavy atom. The van der Waals surface area contributed by atoms with Crippen molar-refractivity contribution in [2.24, 2.45) is 0 Å². The summed E-state index contributed by atoms with van der Waals surface area (Å²) in [6.07, 6.45) is 2.92. The Hall–Kier alpha value is -1.19. The molecule has 2 rings (SSSR count). The van der Waals surface area contributed by atoms with Crippen molar-refractivity contribution in [1.29, 1.82) is 0 Å². The average molecular weight is 361 g/mol. The summed E-state index contributed by atoms with van der Waals surface area (Å²) in [7, 11) is 0. The molecule has 0 aromatic heterocycles. The van der Waals surface area contributed by atoms with Crippen LogP contribution < -0.4 is 5.32 Å². The summed E-state index contributed by atoms with van der Waals surface area (Å²) in [6.45, 7) is 0. The van der Waals surface area contributed by atoms with Crippen molar-refractivity contribution in [2.75, 3.05) is 5.32 Å². The topological polar surface area (TPSA) is 29.1 Å². The van der Waals surface area contributed by atoms with E-state index in [1.165, 1.54) is 6.08 Å². The van der Waals surface area contributed by atoms with Crippen LogP contribution in [0.1, 0.15) is 5.56 Å². The molecule has 0 aliphatic rings. The molecule has 0 atom stereocenters. The number of hydrogen-bond donors (Lipinski definition) is 1. The van der Waals surface area contributed by atoms with Crippen LogP contribution >= 0.6 is 46.4 Å². The van der Waals surface area contributed by atoms with Gasteiger partial charge in [-0.3, -0.25) is 4.79 Å². The van der Waals surface area contributed by atoms with Gasteiger partial charge >= 0.3 is 0 Å². The van der Waals surface area contributed by atoms with Crippen LogP contribution in [0.5, 0.6) is 0 Å². The van der Waals surface area contributed by atoms with Crippen molar-refractivity contribution in [1.82, 2.24) is 0 Å². The van der Waals surface area contributed by atoms with E-state index in [0.717, 1.165) is 0 Å². The lowest BCUT2D eigenvalue weighted by molar-refractivity contribution is -0.111. The highest BCUT2D eigenvalue weighted by atomic mass is 35.5. The lowest BCUT2D eigenvalue weighted by Crippen LogP contribution is -2.08. The molecule has 0 bridgehead atoms. The van der Waals surface area contributed by atoms with Gasteiger partial charge in [0.05, 0.1) is 15.7 Å². The third-order valence-electron chi connectivity index (χ3n) is 2.59. The summed E-state index contributed by atoms with van der Waals surface area (Å²) in [4.78, 5) is 11.9. The summed E-state index contributed by atoms with van der Waals surface area (Å²) in [6, 6.07) is 9.99. The molecule has 108 valence electrons. The third-order valence-corrected chi connectivity index (χ3v) is 3.78. The standard InChI is InChI=1S/C15H9Cl4NO/c16-10-6-4-9(13(19)8-10)5-7-14(21)20-15-11(17)2-1-3-12(15)18/h1-8H,(H,20,21)/b7-5+. The first kappa shape index (κ1) is 16.2. The van der Waals surface area contributed by atoms with Crippen LogP contribution in [-0.2, 0) is 4.79 Å². The Balaban J connectivity index is 2.13. The number of carbonyl (C=O) groups is 1. The minimum Gasteiger partial charge on any atom is -0.320 e. The van der Waals surface area contributed by atoms with Gasteiger partial charge < -0.3 is 5.32 Å². The molecule has 2 aromatic rings. The van der Waals surface area contributed by atoms with E-state index in [1.807, 2.05) is 0 Å². The van der Waals surface area contributed by atoms with Gasteiger partial charge in [0.1, 0.15) is 0 Å². The molecule has 0 spiro atoms. The summed E-state index contributed by atoms with van der Waals surface area (Å²) in [5.74, 6) is -0.365. The molecule has 0 aliphatic heterocycles. The van der Waals surface area contributed by atoms with Gasteiger partial charge in [0, 0.05) is 16.1 Å². The van der Waals surface area contributed by atoms with E-state index in [0.29, 0.717) is 31.3 Å². The largest absolute Gasteiger partial charge is 0.320 e. The number of halogens is 4. The molecule has 2 aromatic carbocycles. The molecule has 2 nitrogen and oxygen atoms in total. The monoisotopic (exact) mass is 359 g/mol. The highest BCUT2D eigenvalue weighted by Crippen LogP contribution is 2.29. The minimum absolute atomic E-state index is 0.365. The van der Waals surface area contributed by atoms with Crippen molar-refractivity contribution in [2.45, 2.75) is 0 Å². The molecule has 0 radical (unpaired) electrons.